The molecule has 1 aromatic carbocycles. The highest BCUT2D eigenvalue weighted by atomic mass is 35.5. The number of hydrogen-bond acceptors (Lipinski definition) is 5. The number of carbonyl (C=O) groups is 1. The second-order valence-electron chi connectivity index (χ2n) is 5.42. The third-order valence-electron chi connectivity index (χ3n) is 3.53. The van der Waals surface area contributed by atoms with Gasteiger partial charge >= 0.3 is 5.69 Å². The zero-order valence-electron chi connectivity index (χ0n) is 14.3. The first-order valence-corrected chi connectivity index (χ1v) is 9.18. The van der Waals surface area contributed by atoms with Crippen LogP contribution in [0.5, 0.6) is 5.75 Å². The van der Waals surface area contributed by atoms with Crippen molar-refractivity contribution in [1.82, 2.24) is 14.8 Å². The number of hydrogen-bond donors (Lipinski definition) is 2. The lowest BCUT2D eigenvalue weighted by Crippen LogP contribution is -2.24. The van der Waals surface area contributed by atoms with E-state index in [4.69, 9.17) is 16.3 Å². The van der Waals surface area contributed by atoms with E-state index in [1.54, 1.807) is 29.7 Å². The highest BCUT2D eigenvalue weighted by Gasteiger charge is 2.19. The minimum Gasteiger partial charge on any atom is -0.495 e. The van der Waals surface area contributed by atoms with Crippen molar-refractivity contribution in [3.8, 4) is 5.75 Å². The number of nitrogens with zero attached hydrogens (tertiary/aromatic N) is 2. The van der Waals surface area contributed by atoms with Gasteiger partial charge in [-0.15, -0.1) is 5.10 Å². The molecule has 0 radical (unpaired) electrons. The number of rotatable bonds is 8. The van der Waals surface area contributed by atoms with Crippen LogP contribution >= 0.6 is 23.4 Å². The summed E-state index contributed by atoms with van der Waals surface area (Å²) in [4.78, 5) is 24.2. The molecule has 2 rings (SSSR count). The molecule has 2 aromatic rings. The molecule has 1 amide bonds. The van der Waals surface area contributed by atoms with Crippen molar-refractivity contribution in [2.24, 2.45) is 0 Å². The van der Waals surface area contributed by atoms with Crippen LogP contribution in [0.3, 0.4) is 0 Å². The lowest BCUT2D eigenvalue weighted by Gasteiger charge is -2.13. The van der Waals surface area contributed by atoms with Crippen LogP contribution in [-0.4, -0.2) is 33.0 Å². The maximum Gasteiger partial charge on any atom is 0.343 e. The Morgan fingerprint density at radius 3 is 2.92 bits per heavy atom. The zero-order chi connectivity index (χ0) is 18.4. The number of halogens is 1. The van der Waals surface area contributed by atoms with Crippen molar-refractivity contribution < 1.29 is 9.53 Å². The molecule has 0 fully saturated rings. The first kappa shape index (κ1) is 19.4. The maximum absolute atomic E-state index is 12.4. The van der Waals surface area contributed by atoms with Crippen LogP contribution in [0.25, 0.3) is 0 Å². The summed E-state index contributed by atoms with van der Waals surface area (Å²) in [7, 11) is 1.53. The van der Waals surface area contributed by atoms with Crippen molar-refractivity contribution in [1.29, 1.82) is 0 Å². The van der Waals surface area contributed by atoms with Crippen molar-refractivity contribution >= 4 is 35.0 Å². The van der Waals surface area contributed by atoms with E-state index in [1.165, 1.54) is 18.9 Å². The number of carbonyl (C=O) groups excluding carboxylic acids is 1. The quantitative estimate of drug-likeness (QED) is 0.682. The molecule has 2 N–H and O–H groups in total. The van der Waals surface area contributed by atoms with Crippen LogP contribution < -0.4 is 15.7 Å². The van der Waals surface area contributed by atoms with Gasteiger partial charge in [0.1, 0.15) is 5.75 Å². The van der Waals surface area contributed by atoms with Crippen LogP contribution in [0.4, 0.5) is 5.69 Å². The van der Waals surface area contributed by atoms with E-state index >= 15 is 0 Å². The van der Waals surface area contributed by atoms with Gasteiger partial charge in [0.2, 0.25) is 5.91 Å². The molecule has 0 aliphatic carbocycles. The van der Waals surface area contributed by atoms with E-state index in [2.05, 4.69) is 15.5 Å². The highest BCUT2D eigenvalue weighted by molar-refractivity contribution is 8.00. The van der Waals surface area contributed by atoms with Gasteiger partial charge in [0.05, 0.1) is 17.4 Å². The number of ether oxygens (including phenoxy) is 1. The number of methoxy groups -OCH3 is 1. The van der Waals surface area contributed by atoms with Gasteiger partial charge in [0.25, 0.3) is 0 Å². The molecule has 1 heterocycles. The van der Waals surface area contributed by atoms with Gasteiger partial charge in [-0.3, -0.25) is 9.36 Å². The number of unbranched alkanes of at least 4 members (excludes halogenated alkanes) is 1. The first-order valence-electron chi connectivity index (χ1n) is 7.92. The van der Waals surface area contributed by atoms with Gasteiger partial charge in [-0.2, -0.15) is 0 Å². The molecule has 0 aliphatic rings. The van der Waals surface area contributed by atoms with E-state index in [1.807, 2.05) is 6.92 Å². The minimum absolute atomic E-state index is 0.205. The van der Waals surface area contributed by atoms with Gasteiger partial charge in [0, 0.05) is 12.2 Å². The SMILES string of the molecule is CCCCn1c(SC(C)C(=O)Nc2ccc(OC)c(Cl)c2)n[nH]c1=O. The Labute approximate surface area is 155 Å². The number of anilines is 1. The molecule has 1 atom stereocenters. The summed E-state index contributed by atoms with van der Waals surface area (Å²) in [6.45, 7) is 4.39. The number of thioether (sulfide) groups is 1. The van der Waals surface area contributed by atoms with Crippen LogP contribution in [0.2, 0.25) is 5.02 Å². The maximum atomic E-state index is 12.4. The average Bonchev–Trinajstić information content (AvgIpc) is 2.92. The topological polar surface area (TPSA) is 89.0 Å². The van der Waals surface area contributed by atoms with Crippen molar-refractivity contribution in [2.45, 2.75) is 43.6 Å². The molecule has 0 saturated heterocycles. The first-order chi connectivity index (χ1) is 12.0. The molecule has 0 bridgehead atoms. The smallest absolute Gasteiger partial charge is 0.343 e. The molecule has 7 nitrogen and oxygen atoms in total. The zero-order valence-corrected chi connectivity index (χ0v) is 15.9. The van der Waals surface area contributed by atoms with Gasteiger partial charge < -0.3 is 10.1 Å². The standard InChI is InChI=1S/C16H21ClN4O3S/c1-4-5-8-21-15(23)19-20-16(21)25-10(2)14(22)18-11-6-7-13(24-3)12(17)9-11/h6-7,9-10H,4-5,8H2,1-3H3,(H,18,22)(H,19,23). The normalized spacial score (nSPS) is 12.0. The molecule has 25 heavy (non-hydrogen) atoms. The molecule has 1 unspecified atom stereocenters. The Morgan fingerprint density at radius 2 is 2.28 bits per heavy atom. The number of nitrogens with one attached hydrogen (secondary N) is 2. The summed E-state index contributed by atoms with van der Waals surface area (Å²) in [6, 6.07) is 5.03. The Bertz CT molecular complexity index is 790. The third kappa shape index (κ3) is 5.02. The van der Waals surface area contributed by atoms with Crippen LogP contribution in [0.15, 0.2) is 28.2 Å². The largest absolute Gasteiger partial charge is 0.495 e. The summed E-state index contributed by atoms with van der Waals surface area (Å²) in [5.74, 6) is 0.335. The molecule has 136 valence electrons. The van der Waals surface area contributed by atoms with Crippen LogP contribution in [0.1, 0.15) is 26.7 Å². The molecular formula is C16H21ClN4O3S. The summed E-state index contributed by atoms with van der Waals surface area (Å²) >= 11 is 7.29. The molecule has 0 aliphatic heterocycles. The fourth-order valence-electron chi connectivity index (χ4n) is 2.11. The van der Waals surface area contributed by atoms with Crippen molar-refractivity contribution in [3.63, 3.8) is 0 Å². The van der Waals surface area contributed by atoms with E-state index in [9.17, 15) is 9.59 Å². The predicted molar refractivity (Wildman–Crippen MR) is 99.7 cm³/mol. The number of amides is 1. The lowest BCUT2D eigenvalue weighted by atomic mass is 10.3. The van der Waals surface area contributed by atoms with Gasteiger partial charge in [-0.05, 0) is 31.5 Å². The Morgan fingerprint density at radius 1 is 1.52 bits per heavy atom. The molecule has 1 aromatic heterocycles. The summed E-state index contributed by atoms with van der Waals surface area (Å²) in [5, 5.41) is 9.73. The summed E-state index contributed by atoms with van der Waals surface area (Å²) in [5.41, 5.74) is 0.319. The van der Waals surface area contributed by atoms with E-state index in [0.717, 1.165) is 12.8 Å². The van der Waals surface area contributed by atoms with E-state index in [-0.39, 0.29) is 11.6 Å². The minimum atomic E-state index is -0.434. The van der Waals surface area contributed by atoms with E-state index < -0.39 is 5.25 Å². The molecule has 0 spiro atoms. The van der Waals surface area contributed by atoms with Gasteiger partial charge in [0.15, 0.2) is 5.16 Å². The number of aromatic amines is 1. The molecule has 0 saturated carbocycles. The van der Waals surface area contributed by atoms with E-state index in [0.29, 0.717) is 28.2 Å². The van der Waals surface area contributed by atoms with Crippen molar-refractivity contribution in [2.75, 3.05) is 12.4 Å². The summed E-state index contributed by atoms with van der Waals surface area (Å²) in [6.07, 6.45) is 1.84. The Balaban J connectivity index is 2.03. The monoisotopic (exact) mass is 384 g/mol. The average molecular weight is 385 g/mol. The Kier molecular flexibility index (Phi) is 6.95. The number of aromatic nitrogens is 3. The number of H-pyrrole nitrogens is 1. The van der Waals surface area contributed by atoms with Gasteiger partial charge in [-0.1, -0.05) is 36.7 Å². The highest BCUT2D eigenvalue weighted by Crippen LogP contribution is 2.28. The second kappa shape index (κ2) is 8.96. The number of benzene rings is 1. The van der Waals surface area contributed by atoms with Crippen LogP contribution in [0, 0.1) is 0 Å². The summed E-state index contributed by atoms with van der Waals surface area (Å²) < 4.78 is 6.64. The van der Waals surface area contributed by atoms with Crippen LogP contribution in [-0.2, 0) is 11.3 Å². The lowest BCUT2D eigenvalue weighted by molar-refractivity contribution is -0.115. The molecule has 9 heteroatoms. The fourth-order valence-corrected chi connectivity index (χ4v) is 3.25. The Hall–Kier alpha value is -1.93. The third-order valence-corrected chi connectivity index (χ3v) is 4.91. The predicted octanol–water partition coefficient (Wildman–Crippen LogP) is 3.15. The van der Waals surface area contributed by atoms with Gasteiger partial charge in [-0.25, -0.2) is 9.89 Å². The fraction of sp³-hybridized carbons (Fsp3) is 0.438. The molecular weight excluding hydrogens is 364 g/mol. The second-order valence-corrected chi connectivity index (χ2v) is 7.13. The van der Waals surface area contributed by atoms with Crippen molar-refractivity contribution in [3.05, 3.63) is 33.7 Å².